The van der Waals surface area contributed by atoms with Crippen molar-refractivity contribution in [3.63, 3.8) is 0 Å². The van der Waals surface area contributed by atoms with E-state index < -0.39 is 0 Å². The van der Waals surface area contributed by atoms with Crippen LogP contribution in [0.25, 0.3) is 0 Å². The van der Waals surface area contributed by atoms with Crippen molar-refractivity contribution in [3.8, 4) is 0 Å². The first-order chi connectivity index (χ1) is 8.02. The first-order valence-corrected chi connectivity index (χ1v) is 7.55. The quantitative estimate of drug-likeness (QED) is 0.800. The second kappa shape index (κ2) is 7.12. The Morgan fingerprint density at radius 1 is 1.24 bits per heavy atom. The van der Waals surface area contributed by atoms with Crippen LogP contribution in [0.2, 0.25) is 0 Å². The maximum absolute atomic E-state index is 4.76. The molecule has 2 nitrogen and oxygen atoms in total. The zero-order valence-corrected chi connectivity index (χ0v) is 12.7. The first-order valence-electron chi connectivity index (χ1n) is 6.73. The van der Waals surface area contributed by atoms with Crippen molar-refractivity contribution in [2.24, 2.45) is 5.92 Å². The Kier molecular flexibility index (Phi) is 6.14. The number of thiazole rings is 1. The molecule has 0 atom stereocenters. The Labute approximate surface area is 110 Å². The lowest BCUT2D eigenvalue weighted by Gasteiger charge is -2.06. The summed E-state index contributed by atoms with van der Waals surface area (Å²) >= 11 is 1.89. The monoisotopic (exact) mass is 254 g/mol. The fourth-order valence-electron chi connectivity index (χ4n) is 1.67. The molecule has 0 radical (unpaired) electrons. The van der Waals surface area contributed by atoms with Gasteiger partial charge in [0.15, 0.2) is 0 Å². The van der Waals surface area contributed by atoms with E-state index in [-0.39, 0.29) is 0 Å². The van der Waals surface area contributed by atoms with Crippen LogP contribution in [0.5, 0.6) is 0 Å². The van der Waals surface area contributed by atoms with Crippen LogP contribution in [0.4, 0.5) is 0 Å². The minimum absolute atomic E-state index is 0.543. The number of aromatic nitrogens is 1. The molecule has 0 aliphatic heterocycles. The van der Waals surface area contributed by atoms with Crippen LogP contribution in [-0.2, 0) is 19.4 Å². The highest BCUT2D eigenvalue weighted by Gasteiger charge is 2.10. The third-order valence-electron chi connectivity index (χ3n) is 2.76. The standard InChI is InChI=1S/C14H26N2S/c1-6-12-13(9-15-11(4)5)17-14(16-12)8-7-10(2)3/h10-11,15H,6-9H2,1-5H3. The molecule has 17 heavy (non-hydrogen) atoms. The average molecular weight is 254 g/mol. The number of nitrogens with zero attached hydrogens (tertiary/aromatic N) is 1. The molecule has 0 bridgehead atoms. The molecule has 0 saturated heterocycles. The van der Waals surface area contributed by atoms with Crippen molar-refractivity contribution in [1.82, 2.24) is 10.3 Å². The van der Waals surface area contributed by atoms with Crippen LogP contribution >= 0.6 is 11.3 Å². The lowest BCUT2D eigenvalue weighted by Crippen LogP contribution is -2.21. The second-order valence-corrected chi connectivity index (χ2v) is 6.47. The van der Waals surface area contributed by atoms with Crippen molar-refractivity contribution in [2.75, 3.05) is 0 Å². The van der Waals surface area contributed by atoms with Gasteiger partial charge in [-0.15, -0.1) is 11.3 Å². The lowest BCUT2D eigenvalue weighted by atomic mass is 10.1. The summed E-state index contributed by atoms with van der Waals surface area (Å²) in [5.74, 6) is 0.765. The Bertz CT molecular complexity index is 329. The predicted octanol–water partition coefficient (Wildman–Crippen LogP) is 3.79. The van der Waals surface area contributed by atoms with Crippen LogP contribution < -0.4 is 5.32 Å². The maximum Gasteiger partial charge on any atom is 0.0931 e. The summed E-state index contributed by atoms with van der Waals surface area (Å²) in [7, 11) is 0. The molecule has 0 fully saturated rings. The summed E-state index contributed by atoms with van der Waals surface area (Å²) in [4.78, 5) is 6.19. The number of hydrogen-bond acceptors (Lipinski definition) is 3. The fourth-order valence-corrected chi connectivity index (χ4v) is 2.79. The van der Waals surface area contributed by atoms with Gasteiger partial charge in [-0.05, 0) is 25.2 Å². The Morgan fingerprint density at radius 2 is 1.94 bits per heavy atom. The minimum atomic E-state index is 0.543. The third-order valence-corrected chi connectivity index (χ3v) is 3.92. The molecule has 3 heteroatoms. The highest BCUT2D eigenvalue weighted by molar-refractivity contribution is 7.11. The van der Waals surface area contributed by atoms with Gasteiger partial charge in [0.2, 0.25) is 0 Å². The van der Waals surface area contributed by atoms with Crippen LogP contribution in [0.1, 0.15) is 56.6 Å². The molecule has 0 aliphatic carbocycles. The van der Waals surface area contributed by atoms with Gasteiger partial charge in [-0.1, -0.05) is 34.6 Å². The molecule has 1 heterocycles. The molecule has 0 saturated carbocycles. The molecule has 0 aliphatic rings. The summed E-state index contributed by atoms with van der Waals surface area (Å²) in [5.41, 5.74) is 1.29. The largest absolute Gasteiger partial charge is 0.310 e. The predicted molar refractivity (Wildman–Crippen MR) is 76.6 cm³/mol. The molecule has 1 N–H and O–H groups in total. The Hall–Kier alpha value is -0.410. The molecule has 0 unspecified atom stereocenters. The average Bonchev–Trinajstić information content (AvgIpc) is 2.66. The van der Waals surface area contributed by atoms with Crippen LogP contribution in [0.15, 0.2) is 0 Å². The van der Waals surface area contributed by atoms with E-state index in [2.05, 4.69) is 39.9 Å². The molecular formula is C14H26N2S. The normalized spacial score (nSPS) is 11.7. The van der Waals surface area contributed by atoms with Gasteiger partial charge in [0.1, 0.15) is 0 Å². The van der Waals surface area contributed by atoms with E-state index in [9.17, 15) is 0 Å². The van der Waals surface area contributed by atoms with Gasteiger partial charge in [0.25, 0.3) is 0 Å². The topological polar surface area (TPSA) is 24.9 Å². The van der Waals surface area contributed by atoms with Crippen molar-refractivity contribution in [1.29, 1.82) is 0 Å². The molecule has 0 spiro atoms. The molecule has 0 amide bonds. The fraction of sp³-hybridized carbons (Fsp3) is 0.786. The molecular weight excluding hydrogens is 228 g/mol. The first kappa shape index (κ1) is 14.7. The van der Waals surface area contributed by atoms with Gasteiger partial charge in [0, 0.05) is 17.5 Å². The van der Waals surface area contributed by atoms with Crippen molar-refractivity contribution in [3.05, 3.63) is 15.6 Å². The van der Waals surface area contributed by atoms with E-state index in [0.717, 1.165) is 25.3 Å². The molecule has 1 rings (SSSR count). The van der Waals surface area contributed by atoms with Crippen LogP contribution in [0, 0.1) is 5.92 Å². The highest BCUT2D eigenvalue weighted by Crippen LogP contribution is 2.21. The second-order valence-electron chi connectivity index (χ2n) is 5.30. The zero-order valence-electron chi connectivity index (χ0n) is 11.8. The van der Waals surface area contributed by atoms with Gasteiger partial charge in [-0.25, -0.2) is 4.98 Å². The van der Waals surface area contributed by atoms with Gasteiger partial charge in [-0.2, -0.15) is 0 Å². The van der Waals surface area contributed by atoms with E-state index >= 15 is 0 Å². The van der Waals surface area contributed by atoms with Gasteiger partial charge in [-0.3, -0.25) is 0 Å². The van der Waals surface area contributed by atoms with Gasteiger partial charge >= 0.3 is 0 Å². The smallest absolute Gasteiger partial charge is 0.0931 e. The third kappa shape index (κ3) is 5.17. The van der Waals surface area contributed by atoms with Gasteiger partial charge < -0.3 is 5.32 Å². The van der Waals surface area contributed by atoms with E-state index in [0.29, 0.717) is 6.04 Å². The van der Waals surface area contributed by atoms with Crippen molar-refractivity contribution >= 4 is 11.3 Å². The molecule has 1 aromatic rings. The summed E-state index contributed by atoms with van der Waals surface area (Å²) in [6.07, 6.45) is 3.43. The van der Waals surface area contributed by atoms with Crippen molar-refractivity contribution in [2.45, 2.75) is 66.5 Å². The van der Waals surface area contributed by atoms with Gasteiger partial charge in [0.05, 0.1) is 10.7 Å². The Balaban J connectivity index is 2.62. The van der Waals surface area contributed by atoms with E-state index in [1.807, 2.05) is 11.3 Å². The number of rotatable bonds is 7. The number of hydrogen-bond donors (Lipinski definition) is 1. The summed E-state index contributed by atoms with van der Waals surface area (Å²) in [6.45, 7) is 12.1. The lowest BCUT2D eigenvalue weighted by molar-refractivity contribution is 0.584. The summed E-state index contributed by atoms with van der Waals surface area (Å²) in [6, 6.07) is 0.543. The maximum atomic E-state index is 4.76. The van der Waals surface area contributed by atoms with E-state index in [1.54, 1.807) is 0 Å². The summed E-state index contributed by atoms with van der Waals surface area (Å²) < 4.78 is 0. The minimum Gasteiger partial charge on any atom is -0.310 e. The highest BCUT2D eigenvalue weighted by atomic mass is 32.1. The van der Waals surface area contributed by atoms with Crippen molar-refractivity contribution < 1.29 is 0 Å². The zero-order chi connectivity index (χ0) is 12.8. The summed E-state index contributed by atoms with van der Waals surface area (Å²) in [5, 5.41) is 4.80. The van der Waals surface area contributed by atoms with E-state index in [1.165, 1.54) is 22.0 Å². The van der Waals surface area contributed by atoms with E-state index in [4.69, 9.17) is 4.98 Å². The molecule has 1 aromatic heterocycles. The van der Waals surface area contributed by atoms with Crippen LogP contribution in [-0.4, -0.2) is 11.0 Å². The van der Waals surface area contributed by atoms with Crippen LogP contribution in [0.3, 0.4) is 0 Å². The molecule has 98 valence electrons. The number of nitrogens with one attached hydrogen (secondary N) is 1. The SMILES string of the molecule is CCc1nc(CCC(C)C)sc1CNC(C)C. The number of aryl methyl sites for hydroxylation is 2. The Morgan fingerprint density at radius 3 is 2.47 bits per heavy atom. The molecule has 0 aromatic carbocycles.